The van der Waals surface area contributed by atoms with Gasteiger partial charge in [-0.3, -0.25) is 9.79 Å². The summed E-state index contributed by atoms with van der Waals surface area (Å²) in [4.78, 5) is 25.2. The minimum absolute atomic E-state index is 0.0189. The molecular weight excluding hydrogens is 304 g/mol. The fourth-order valence-electron chi connectivity index (χ4n) is 2.74. The van der Waals surface area contributed by atoms with Gasteiger partial charge in [0.25, 0.3) is 0 Å². The molecule has 2 heterocycles. The monoisotopic (exact) mass is 332 g/mol. The highest BCUT2D eigenvalue weighted by molar-refractivity contribution is 5.84. The third-order valence-electron chi connectivity index (χ3n) is 4.29. The molecule has 0 spiro atoms. The maximum Gasteiger partial charge on any atom is 0.227 e. The molecule has 0 aromatic carbocycles. The first-order valence-corrected chi connectivity index (χ1v) is 8.31. The molecule has 0 unspecified atom stereocenters. The maximum absolute atomic E-state index is 11.9. The lowest BCUT2D eigenvalue weighted by Gasteiger charge is -2.37. The Labute approximate surface area is 144 Å². The second kappa shape index (κ2) is 7.99. The first-order valence-electron chi connectivity index (χ1n) is 8.31. The number of hydrogen-bond acceptors (Lipinski definition) is 4. The Bertz CT molecular complexity index is 564. The molecular formula is C17H28N6O. The first kappa shape index (κ1) is 18.0. The number of anilines is 1. The molecule has 0 bridgehead atoms. The Morgan fingerprint density at radius 2 is 2.00 bits per heavy atom. The van der Waals surface area contributed by atoms with Crippen molar-refractivity contribution in [3.63, 3.8) is 0 Å². The van der Waals surface area contributed by atoms with Gasteiger partial charge < -0.3 is 20.4 Å². The van der Waals surface area contributed by atoms with Crippen LogP contribution in [0.4, 0.5) is 5.82 Å². The molecule has 7 nitrogen and oxygen atoms in total. The van der Waals surface area contributed by atoms with Crippen molar-refractivity contribution in [2.75, 3.05) is 51.7 Å². The smallest absolute Gasteiger partial charge is 0.227 e. The zero-order chi connectivity index (χ0) is 17.6. The van der Waals surface area contributed by atoms with Gasteiger partial charge in [-0.05, 0) is 26.0 Å². The van der Waals surface area contributed by atoms with E-state index in [4.69, 9.17) is 0 Å². The number of hydrogen-bond donors (Lipinski definition) is 2. The molecule has 1 amide bonds. The van der Waals surface area contributed by atoms with Gasteiger partial charge in [0.1, 0.15) is 5.82 Å². The summed E-state index contributed by atoms with van der Waals surface area (Å²) in [6.07, 6.45) is 1.82. The van der Waals surface area contributed by atoms with Crippen LogP contribution in [-0.2, 0) is 4.79 Å². The average Bonchev–Trinajstić information content (AvgIpc) is 2.62. The van der Waals surface area contributed by atoms with Crippen LogP contribution >= 0.6 is 0 Å². The molecule has 0 radical (unpaired) electrons. The van der Waals surface area contributed by atoms with Crippen molar-refractivity contribution >= 4 is 17.7 Å². The van der Waals surface area contributed by atoms with E-state index in [1.807, 2.05) is 38.2 Å². The van der Waals surface area contributed by atoms with Crippen molar-refractivity contribution in [2.24, 2.45) is 10.4 Å². The normalized spacial score (nSPS) is 16.1. The van der Waals surface area contributed by atoms with Crippen LogP contribution in [0.3, 0.4) is 0 Å². The Hall–Kier alpha value is -2.31. The summed E-state index contributed by atoms with van der Waals surface area (Å²) in [5.41, 5.74) is -0.486. The molecule has 0 aliphatic carbocycles. The quantitative estimate of drug-likeness (QED) is 0.622. The second-order valence-electron chi connectivity index (χ2n) is 6.53. The Morgan fingerprint density at radius 1 is 1.29 bits per heavy atom. The number of pyridine rings is 1. The molecule has 0 saturated carbocycles. The topological polar surface area (TPSA) is 72.9 Å². The zero-order valence-electron chi connectivity index (χ0n) is 15.0. The number of amides is 1. The van der Waals surface area contributed by atoms with Crippen LogP contribution in [0.2, 0.25) is 0 Å². The van der Waals surface area contributed by atoms with Crippen LogP contribution in [0.5, 0.6) is 0 Å². The Kier molecular flexibility index (Phi) is 6.00. The minimum Gasteiger partial charge on any atom is -0.359 e. The van der Waals surface area contributed by atoms with Gasteiger partial charge in [-0.1, -0.05) is 6.07 Å². The number of nitrogens with zero attached hydrogens (tertiary/aromatic N) is 4. The summed E-state index contributed by atoms with van der Waals surface area (Å²) in [6, 6.07) is 5.98. The molecule has 1 aromatic heterocycles. The molecule has 132 valence electrons. The van der Waals surface area contributed by atoms with E-state index in [1.165, 1.54) is 0 Å². The lowest BCUT2D eigenvalue weighted by atomic mass is 9.92. The van der Waals surface area contributed by atoms with Gasteiger partial charge >= 0.3 is 0 Å². The Balaban J connectivity index is 1.88. The number of aliphatic imine (C=N–C) groups is 1. The van der Waals surface area contributed by atoms with Gasteiger partial charge in [0.05, 0.1) is 5.41 Å². The number of carbonyl (C=O) groups is 1. The van der Waals surface area contributed by atoms with E-state index < -0.39 is 5.41 Å². The van der Waals surface area contributed by atoms with Crippen molar-refractivity contribution < 1.29 is 4.79 Å². The molecule has 2 rings (SSSR count). The van der Waals surface area contributed by atoms with Gasteiger partial charge in [0, 0.05) is 53.0 Å². The highest BCUT2D eigenvalue weighted by atomic mass is 16.2. The highest BCUT2D eigenvalue weighted by Crippen LogP contribution is 2.15. The number of rotatable bonds is 4. The fraction of sp³-hybridized carbons (Fsp3) is 0.588. The lowest BCUT2D eigenvalue weighted by molar-refractivity contribution is -0.128. The van der Waals surface area contributed by atoms with Gasteiger partial charge in [-0.2, -0.15) is 0 Å². The Morgan fingerprint density at radius 3 is 2.54 bits per heavy atom. The van der Waals surface area contributed by atoms with Crippen LogP contribution in [-0.4, -0.2) is 68.6 Å². The van der Waals surface area contributed by atoms with Crippen molar-refractivity contribution in [3.8, 4) is 0 Å². The van der Waals surface area contributed by atoms with E-state index in [2.05, 4.69) is 30.4 Å². The number of guanidine groups is 1. The van der Waals surface area contributed by atoms with Gasteiger partial charge in [0.2, 0.25) is 5.91 Å². The minimum atomic E-state index is -0.486. The molecule has 7 heteroatoms. The van der Waals surface area contributed by atoms with Crippen LogP contribution < -0.4 is 15.5 Å². The molecule has 1 aromatic rings. The van der Waals surface area contributed by atoms with Gasteiger partial charge in [0.15, 0.2) is 5.96 Å². The van der Waals surface area contributed by atoms with Gasteiger partial charge in [-0.25, -0.2) is 4.98 Å². The molecule has 0 atom stereocenters. The largest absolute Gasteiger partial charge is 0.359 e. The third-order valence-corrected chi connectivity index (χ3v) is 4.29. The van der Waals surface area contributed by atoms with E-state index in [9.17, 15) is 4.79 Å². The van der Waals surface area contributed by atoms with Crippen LogP contribution in [0.1, 0.15) is 13.8 Å². The van der Waals surface area contributed by atoms with Crippen LogP contribution in [0.15, 0.2) is 29.4 Å². The maximum atomic E-state index is 11.9. The lowest BCUT2D eigenvalue weighted by Crippen LogP contribution is -2.54. The van der Waals surface area contributed by atoms with E-state index in [1.54, 1.807) is 14.1 Å². The molecule has 1 fully saturated rings. The summed E-state index contributed by atoms with van der Waals surface area (Å²) in [5, 5.41) is 6.03. The zero-order valence-corrected chi connectivity index (χ0v) is 15.0. The molecule has 24 heavy (non-hydrogen) atoms. The van der Waals surface area contributed by atoms with Crippen molar-refractivity contribution in [3.05, 3.63) is 24.4 Å². The molecule has 2 N–H and O–H groups in total. The van der Waals surface area contributed by atoms with Crippen molar-refractivity contribution in [1.82, 2.24) is 20.5 Å². The van der Waals surface area contributed by atoms with E-state index in [-0.39, 0.29) is 5.91 Å². The van der Waals surface area contributed by atoms with Crippen molar-refractivity contribution in [1.29, 1.82) is 0 Å². The van der Waals surface area contributed by atoms with Crippen LogP contribution in [0.25, 0.3) is 0 Å². The van der Waals surface area contributed by atoms with E-state index >= 15 is 0 Å². The standard InChI is InChI=1S/C17H28N6O/c1-17(2,15(24)18-3)13-21-16(19-4)23-11-9-22(10-12-23)14-7-5-6-8-20-14/h5-8H,9-13H2,1-4H3,(H,18,24)(H,19,21). The van der Waals surface area contributed by atoms with Gasteiger partial charge in [-0.15, -0.1) is 0 Å². The molecule has 1 saturated heterocycles. The number of aromatic nitrogens is 1. The summed E-state index contributed by atoms with van der Waals surface area (Å²) in [5.74, 6) is 1.87. The molecule has 1 aliphatic rings. The van der Waals surface area contributed by atoms with E-state index in [0.717, 1.165) is 38.0 Å². The predicted molar refractivity (Wildman–Crippen MR) is 97.2 cm³/mol. The number of carbonyl (C=O) groups excluding carboxylic acids is 1. The molecule has 1 aliphatic heterocycles. The fourth-order valence-corrected chi connectivity index (χ4v) is 2.74. The van der Waals surface area contributed by atoms with Crippen LogP contribution in [0, 0.1) is 5.41 Å². The highest BCUT2D eigenvalue weighted by Gasteiger charge is 2.28. The summed E-state index contributed by atoms with van der Waals surface area (Å²) >= 11 is 0. The first-order chi connectivity index (χ1) is 11.5. The summed E-state index contributed by atoms with van der Waals surface area (Å²) < 4.78 is 0. The number of piperazine rings is 1. The SMILES string of the molecule is CN=C(NCC(C)(C)C(=O)NC)N1CCN(c2ccccn2)CC1. The summed E-state index contributed by atoms with van der Waals surface area (Å²) in [7, 11) is 3.44. The van der Waals surface area contributed by atoms with E-state index in [0.29, 0.717) is 6.54 Å². The predicted octanol–water partition coefficient (Wildman–Crippen LogP) is 0.551. The average molecular weight is 332 g/mol. The second-order valence-corrected chi connectivity index (χ2v) is 6.53. The summed E-state index contributed by atoms with van der Waals surface area (Å²) in [6.45, 7) is 7.93. The van der Waals surface area contributed by atoms with Crippen molar-refractivity contribution in [2.45, 2.75) is 13.8 Å². The third kappa shape index (κ3) is 4.37. The number of nitrogens with one attached hydrogen (secondary N) is 2.